The maximum atomic E-state index is 2.57. The van der Waals surface area contributed by atoms with E-state index in [1.165, 1.54) is 93.7 Å². The molecule has 0 radical (unpaired) electrons. The number of benzene rings is 6. The molecule has 0 N–H and O–H groups in total. The Kier molecular flexibility index (Phi) is 5.97. The molecule has 5 aliphatic carbocycles. The molecule has 0 saturated heterocycles. The minimum absolute atomic E-state index is 0.0631. The highest BCUT2D eigenvalue weighted by molar-refractivity contribution is 5.95. The van der Waals surface area contributed by atoms with Gasteiger partial charge in [-0.2, -0.15) is 0 Å². The summed E-state index contributed by atoms with van der Waals surface area (Å²) in [6.07, 6.45) is 7.02. The van der Waals surface area contributed by atoms with Crippen LogP contribution in [0.2, 0.25) is 0 Å². The highest BCUT2D eigenvalue weighted by atomic mass is 15.1. The van der Waals surface area contributed by atoms with E-state index in [1.807, 2.05) is 0 Å². The van der Waals surface area contributed by atoms with Crippen LogP contribution in [0.5, 0.6) is 0 Å². The van der Waals surface area contributed by atoms with Crippen molar-refractivity contribution in [1.29, 1.82) is 0 Å². The number of hydrogen-bond acceptors (Lipinski definition) is 1. The number of fused-ring (bicyclic) bond motifs is 9. The molecule has 1 nitrogen and oxygen atoms in total. The van der Waals surface area contributed by atoms with E-state index in [2.05, 4.69) is 158 Å². The van der Waals surface area contributed by atoms with Gasteiger partial charge in [-0.05, 0) is 142 Å². The summed E-state index contributed by atoms with van der Waals surface area (Å²) in [6, 6.07) is 53.1. The Balaban J connectivity index is 1.14. The first kappa shape index (κ1) is 28.9. The first-order valence-corrected chi connectivity index (χ1v) is 18.9. The summed E-state index contributed by atoms with van der Waals surface area (Å²) < 4.78 is 0. The molecular formula is C49H43N. The van der Waals surface area contributed by atoms with Gasteiger partial charge in [-0.25, -0.2) is 0 Å². The standard InChI is InChI=1S/C49H43N/c1-48(2)43-16-9-8-15-41(43)47-44(48)17-10-18-46(47)50(35-21-19-32(20-22-35)31-11-4-3-5-12-31)36-23-24-39-40-25-26-49-30-33(27-34(49)28-45(40)49)37-13-6-7-14-38(37)42(39)29-36/h3-24,29,33-34,40,45H,25-28,30H2,1-2H3/t33-,34?,40?,45-,49?/m1/s1. The molecule has 5 atom stereocenters. The van der Waals surface area contributed by atoms with Crippen LogP contribution in [0.1, 0.15) is 80.0 Å². The van der Waals surface area contributed by atoms with Gasteiger partial charge in [0, 0.05) is 22.4 Å². The van der Waals surface area contributed by atoms with E-state index < -0.39 is 0 Å². The summed E-state index contributed by atoms with van der Waals surface area (Å²) in [5, 5.41) is 0. The Morgan fingerprint density at radius 2 is 1.30 bits per heavy atom. The molecule has 3 saturated carbocycles. The van der Waals surface area contributed by atoms with Gasteiger partial charge in [0.2, 0.25) is 0 Å². The molecule has 50 heavy (non-hydrogen) atoms. The average molecular weight is 646 g/mol. The summed E-state index contributed by atoms with van der Waals surface area (Å²) in [5.74, 6) is 3.16. The molecule has 1 spiro atoms. The first-order valence-electron chi connectivity index (χ1n) is 18.9. The highest BCUT2D eigenvalue weighted by Crippen LogP contribution is 2.75. The Bertz CT molecular complexity index is 2310. The maximum absolute atomic E-state index is 2.57. The molecule has 3 fully saturated rings. The molecule has 3 bridgehead atoms. The van der Waals surface area contributed by atoms with Crippen LogP contribution in [0, 0.1) is 17.3 Å². The molecule has 0 aromatic heterocycles. The third-order valence-corrected chi connectivity index (χ3v) is 14.1. The van der Waals surface area contributed by atoms with Crippen molar-refractivity contribution >= 4 is 17.1 Å². The first-order chi connectivity index (χ1) is 24.5. The number of rotatable bonds is 4. The van der Waals surface area contributed by atoms with Crippen molar-refractivity contribution in [1.82, 2.24) is 0 Å². The van der Waals surface area contributed by atoms with Crippen LogP contribution in [-0.2, 0) is 5.41 Å². The summed E-state index contributed by atoms with van der Waals surface area (Å²) in [4.78, 5) is 2.56. The second-order valence-corrected chi connectivity index (χ2v) is 16.5. The highest BCUT2D eigenvalue weighted by Gasteiger charge is 2.65. The third kappa shape index (κ3) is 3.84. The van der Waals surface area contributed by atoms with E-state index in [0.717, 1.165) is 11.8 Å². The second kappa shape index (κ2) is 10.3. The van der Waals surface area contributed by atoms with Crippen LogP contribution >= 0.6 is 0 Å². The zero-order chi connectivity index (χ0) is 33.2. The molecular weight excluding hydrogens is 603 g/mol. The Hall–Kier alpha value is -4.88. The zero-order valence-electron chi connectivity index (χ0n) is 29.1. The van der Waals surface area contributed by atoms with E-state index in [9.17, 15) is 0 Å². The minimum Gasteiger partial charge on any atom is -0.310 e. The lowest BCUT2D eigenvalue weighted by Gasteiger charge is -2.51. The largest absolute Gasteiger partial charge is 0.310 e. The fraction of sp³-hybridized carbons (Fsp3) is 0.265. The van der Waals surface area contributed by atoms with Crippen molar-refractivity contribution in [2.45, 2.75) is 63.2 Å². The predicted molar refractivity (Wildman–Crippen MR) is 208 cm³/mol. The maximum Gasteiger partial charge on any atom is 0.0543 e. The van der Waals surface area contributed by atoms with Crippen LogP contribution in [0.3, 0.4) is 0 Å². The summed E-state index contributed by atoms with van der Waals surface area (Å²) in [7, 11) is 0. The summed E-state index contributed by atoms with van der Waals surface area (Å²) in [6.45, 7) is 4.78. The fourth-order valence-corrected chi connectivity index (χ4v) is 11.9. The molecule has 11 rings (SSSR count). The van der Waals surface area contributed by atoms with Crippen molar-refractivity contribution in [3.63, 3.8) is 0 Å². The molecule has 1 heteroatoms. The SMILES string of the molecule is CC1(C)c2ccccc2-c2c(N(c3ccc(-c4ccccc4)cc3)c3ccc4c(c3)-c3ccccc3[C@@H]3CC5C[C@@H]6C4CCC56C3)cccc21. The lowest BCUT2D eigenvalue weighted by atomic mass is 9.54. The molecule has 0 amide bonds. The van der Waals surface area contributed by atoms with E-state index in [0.29, 0.717) is 17.3 Å². The van der Waals surface area contributed by atoms with Crippen LogP contribution in [0.15, 0.2) is 140 Å². The third-order valence-electron chi connectivity index (χ3n) is 14.1. The van der Waals surface area contributed by atoms with E-state index in [1.54, 1.807) is 11.1 Å². The lowest BCUT2D eigenvalue weighted by molar-refractivity contribution is -0.00451. The Labute approximate surface area is 296 Å². The molecule has 0 heterocycles. The molecule has 0 aliphatic heterocycles. The van der Waals surface area contributed by atoms with E-state index in [4.69, 9.17) is 0 Å². The van der Waals surface area contributed by atoms with E-state index in [-0.39, 0.29) is 5.41 Å². The van der Waals surface area contributed by atoms with Gasteiger partial charge in [0.1, 0.15) is 0 Å². The molecule has 5 aliphatic rings. The molecule has 244 valence electrons. The van der Waals surface area contributed by atoms with Crippen molar-refractivity contribution in [2.24, 2.45) is 17.3 Å². The van der Waals surface area contributed by atoms with Gasteiger partial charge in [-0.15, -0.1) is 0 Å². The topological polar surface area (TPSA) is 3.24 Å². The van der Waals surface area contributed by atoms with Gasteiger partial charge in [0.05, 0.1) is 5.69 Å². The normalized spacial score (nSPS) is 25.6. The summed E-state index contributed by atoms with van der Waals surface area (Å²) >= 11 is 0. The second-order valence-electron chi connectivity index (χ2n) is 16.5. The summed E-state index contributed by atoms with van der Waals surface area (Å²) in [5.41, 5.74) is 18.4. The van der Waals surface area contributed by atoms with Gasteiger partial charge < -0.3 is 4.90 Å². The lowest BCUT2D eigenvalue weighted by Crippen LogP contribution is -2.43. The van der Waals surface area contributed by atoms with Crippen molar-refractivity contribution < 1.29 is 0 Å². The average Bonchev–Trinajstić information content (AvgIpc) is 3.71. The molecule has 6 aromatic rings. The number of hydrogen-bond donors (Lipinski definition) is 0. The van der Waals surface area contributed by atoms with Crippen molar-refractivity contribution in [3.8, 4) is 33.4 Å². The smallest absolute Gasteiger partial charge is 0.0543 e. The van der Waals surface area contributed by atoms with Crippen LogP contribution in [0.4, 0.5) is 17.1 Å². The van der Waals surface area contributed by atoms with E-state index >= 15 is 0 Å². The minimum atomic E-state index is -0.0631. The van der Waals surface area contributed by atoms with Gasteiger partial charge in [0.25, 0.3) is 0 Å². The van der Waals surface area contributed by atoms with Crippen LogP contribution in [-0.4, -0.2) is 0 Å². The van der Waals surface area contributed by atoms with Crippen molar-refractivity contribution in [3.05, 3.63) is 162 Å². The van der Waals surface area contributed by atoms with Crippen molar-refractivity contribution in [2.75, 3.05) is 4.90 Å². The van der Waals surface area contributed by atoms with Gasteiger partial charge >= 0.3 is 0 Å². The van der Waals surface area contributed by atoms with Gasteiger partial charge in [0.15, 0.2) is 0 Å². The predicted octanol–water partition coefficient (Wildman–Crippen LogP) is 13.2. The van der Waals surface area contributed by atoms with Crippen LogP contribution < -0.4 is 4.90 Å². The van der Waals surface area contributed by atoms with Gasteiger partial charge in [-0.3, -0.25) is 0 Å². The van der Waals surface area contributed by atoms with Gasteiger partial charge in [-0.1, -0.05) is 123 Å². The Morgan fingerprint density at radius 3 is 2.16 bits per heavy atom. The fourth-order valence-electron chi connectivity index (χ4n) is 11.9. The Morgan fingerprint density at radius 1 is 0.580 bits per heavy atom. The molecule has 6 aromatic carbocycles. The van der Waals surface area contributed by atoms with Crippen LogP contribution in [0.25, 0.3) is 33.4 Å². The number of anilines is 3. The number of nitrogens with zero attached hydrogens (tertiary/aromatic N) is 1. The monoisotopic (exact) mass is 645 g/mol. The quantitative estimate of drug-likeness (QED) is 0.184. The molecule has 3 unspecified atom stereocenters. The zero-order valence-corrected chi connectivity index (χ0v) is 29.1.